The number of benzene rings is 1. The molecule has 8 nitrogen and oxygen atoms in total. The van der Waals surface area contributed by atoms with Gasteiger partial charge in [0.2, 0.25) is 15.9 Å². The Morgan fingerprint density at radius 2 is 2.00 bits per heavy atom. The highest BCUT2D eigenvalue weighted by molar-refractivity contribution is 7.89. The molecule has 2 aliphatic rings. The van der Waals surface area contributed by atoms with E-state index in [1.165, 1.54) is 23.5 Å². The number of ether oxygens (including phenoxy) is 3. The van der Waals surface area contributed by atoms with E-state index in [0.717, 1.165) is 17.3 Å². The van der Waals surface area contributed by atoms with Gasteiger partial charge in [-0.3, -0.25) is 0 Å². The highest BCUT2D eigenvalue weighted by Crippen LogP contribution is 2.31. The molecule has 1 atom stereocenters. The molecule has 1 aromatic heterocycles. The van der Waals surface area contributed by atoms with Crippen molar-refractivity contribution in [2.45, 2.75) is 56.4 Å². The molecular weight excluding hydrogens is 449 g/mol. The summed E-state index contributed by atoms with van der Waals surface area (Å²) in [5, 5.41) is 0. The summed E-state index contributed by atoms with van der Waals surface area (Å²) in [5.74, 6) is 0.830. The fraction of sp³-hybridized carbons (Fsp3) is 0.565. The summed E-state index contributed by atoms with van der Waals surface area (Å²) in [4.78, 5) is 9.22. The van der Waals surface area contributed by atoms with Crippen LogP contribution in [0, 0.1) is 5.82 Å². The molecule has 1 aromatic carbocycles. The molecule has 0 bridgehead atoms. The fourth-order valence-corrected chi connectivity index (χ4v) is 5.83. The number of piperidine rings is 1. The van der Waals surface area contributed by atoms with Crippen molar-refractivity contribution in [1.82, 2.24) is 14.3 Å². The van der Waals surface area contributed by atoms with Gasteiger partial charge in [-0.05, 0) is 31.0 Å². The summed E-state index contributed by atoms with van der Waals surface area (Å²) in [6.07, 6.45) is 2.28. The molecule has 4 rings (SSSR count). The monoisotopic (exact) mass is 479 g/mol. The number of rotatable bonds is 6. The summed E-state index contributed by atoms with van der Waals surface area (Å²) >= 11 is 0. The van der Waals surface area contributed by atoms with Crippen LogP contribution in [0.1, 0.15) is 49.7 Å². The lowest BCUT2D eigenvalue weighted by Crippen LogP contribution is -2.44. The van der Waals surface area contributed by atoms with E-state index in [1.807, 2.05) is 13.8 Å². The van der Waals surface area contributed by atoms with Gasteiger partial charge in [0.1, 0.15) is 28.4 Å². The van der Waals surface area contributed by atoms with Crippen LogP contribution in [0.4, 0.5) is 4.39 Å². The van der Waals surface area contributed by atoms with Gasteiger partial charge in [0.25, 0.3) is 0 Å². The second-order valence-electron chi connectivity index (χ2n) is 8.62. The van der Waals surface area contributed by atoms with E-state index in [1.54, 1.807) is 0 Å². The van der Waals surface area contributed by atoms with Gasteiger partial charge in [-0.25, -0.2) is 17.8 Å². The summed E-state index contributed by atoms with van der Waals surface area (Å²) in [6.45, 7) is 5.70. The van der Waals surface area contributed by atoms with Gasteiger partial charge in [-0.2, -0.15) is 9.29 Å². The Labute approximate surface area is 194 Å². The van der Waals surface area contributed by atoms with Crippen LogP contribution in [0.2, 0.25) is 0 Å². The Bertz CT molecular complexity index is 1110. The molecule has 1 unspecified atom stereocenters. The van der Waals surface area contributed by atoms with Crippen LogP contribution >= 0.6 is 0 Å². The number of fused-ring (bicyclic) bond motifs is 1. The molecule has 180 valence electrons. The van der Waals surface area contributed by atoms with Gasteiger partial charge in [-0.15, -0.1) is 0 Å². The summed E-state index contributed by atoms with van der Waals surface area (Å²) in [7, 11) is -2.60. The quantitative estimate of drug-likeness (QED) is 0.629. The van der Waals surface area contributed by atoms with Gasteiger partial charge in [0, 0.05) is 30.9 Å². The molecule has 2 aliphatic heterocycles. The number of aromatic nitrogens is 2. The Hall–Kier alpha value is -2.30. The number of hydrogen-bond acceptors (Lipinski definition) is 7. The van der Waals surface area contributed by atoms with Gasteiger partial charge in [-0.1, -0.05) is 13.8 Å². The van der Waals surface area contributed by atoms with Crippen molar-refractivity contribution >= 4 is 10.0 Å². The lowest BCUT2D eigenvalue weighted by atomic mass is 10.1. The molecule has 0 radical (unpaired) electrons. The zero-order chi connectivity index (χ0) is 23.6. The average molecular weight is 480 g/mol. The van der Waals surface area contributed by atoms with Crippen LogP contribution in [0.3, 0.4) is 0 Å². The van der Waals surface area contributed by atoms with Crippen molar-refractivity contribution in [3.8, 4) is 11.6 Å². The highest BCUT2D eigenvalue weighted by atomic mass is 32.2. The molecule has 33 heavy (non-hydrogen) atoms. The first-order valence-electron chi connectivity index (χ1n) is 11.3. The van der Waals surface area contributed by atoms with Crippen LogP contribution in [0.15, 0.2) is 23.1 Å². The van der Waals surface area contributed by atoms with E-state index >= 15 is 0 Å². The summed E-state index contributed by atoms with van der Waals surface area (Å²) < 4.78 is 58.9. The van der Waals surface area contributed by atoms with Crippen molar-refractivity contribution < 1.29 is 27.0 Å². The van der Waals surface area contributed by atoms with Crippen molar-refractivity contribution in [2.75, 3.05) is 33.4 Å². The average Bonchev–Trinajstić information content (AvgIpc) is 3.05. The van der Waals surface area contributed by atoms with Crippen molar-refractivity contribution in [3.05, 3.63) is 41.1 Å². The van der Waals surface area contributed by atoms with Crippen LogP contribution in [-0.4, -0.2) is 62.2 Å². The molecule has 1 saturated heterocycles. The maximum Gasteiger partial charge on any atom is 0.246 e. The number of nitrogens with zero attached hydrogens (tertiary/aromatic N) is 3. The van der Waals surface area contributed by atoms with E-state index in [9.17, 15) is 12.8 Å². The number of methoxy groups -OCH3 is 1. The van der Waals surface area contributed by atoms with Crippen LogP contribution in [-0.2, 0) is 27.6 Å². The Morgan fingerprint density at radius 3 is 2.76 bits per heavy atom. The Kier molecular flexibility index (Phi) is 7.16. The third-order valence-electron chi connectivity index (χ3n) is 5.93. The molecule has 0 spiro atoms. The molecule has 0 N–H and O–H groups in total. The van der Waals surface area contributed by atoms with Crippen molar-refractivity contribution in [2.24, 2.45) is 0 Å². The third-order valence-corrected chi connectivity index (χ3v) is 7.82. The minimum atomic E-state index is -3.96. The first-order chi connectivity index (χ1) is 15.8. The maximum absolute atomic E-state index is 13.9. The van der Waals surface area contributed by atoms with Gasteiger partial charge >= 0.3 is 0 Å². The molecule has 2 aromatic rings. The minimum absolute atomic E-state index is 0.113. The van der Waals surface area contributed by atoms with Crippen LogP contribution < -0.4 is 9.47 Å². The predicted octanol–water partition coefficient (Wildman–Crippen LogP) is 3.10. The lowest BCUT2D eigenvalue weighted by molar-refractivity contribution is 0.121. The second-order valence-corrected chi connectivity index (χ2v) is 10.5. The third kappa shape index (κ3) is 5.12. The number of sulfonamides is 1. The largest absolute Gasteiger partial charge is 0.495 e. The number of halogens is 1. The standard InChI is InChI=1S/C23H30FN3O5S/c1-15(2)22-25-19-9-12-31-11-8-18(19)23(26-22)32-17-5-4-10-27(14-17)33(28,29)21-13-16(24)6-7-20(21)30-3/h6-7,13,15,17H,4-5,8-12,14H2,1-3H3. The van der Waals surface area contributed by atoms with Gasteiger partial charge in [0.15, 0.2) is 0 Å². The first-order valence-corrected chi connectivity index (χ1v) is 12.7. The molecular formula is C23H30FN3O5S. The van der Waals surface area contributed by atoms with E-state index in [-0.39, 0.29) is 29.2 Å². The predicted molar refractivity (Wildman–Crippen MR) is 120 cm³/mol. The molecule has 0 saturated carbocycles. The Balaban J connectivity index is 1.60. The molecule has 3 heterocycles. The fourth-order valence-electron chi connectivity index (χ4n) is 4.15. The van der Waals surface area contributed by atoms with Crippen molar-refractivity contribution in [3.63, 3.8) is 0 Å². The first kappa shape index (κ1) is 23.8. The van der Waals surface area contributed by atoms with Crippen molar-refractivity contribution in [1.29, 1.82) is 0 Å². The smallest absolute Gasteiger partial charge is 0.246 e. The Morgan fingerprint density at radius 1 is 1.21 bits per heavy atom. The molecule has 1 fully saturated rings. The van der Waals surface area contributed by atoms with E-state index in [2.05, 4.69) is 4.98 Å². The highest BCUT2D eigenvalue weighted by Gasteiger charge is 2.34. The zero-order valence-electron chi connectivity index (χ0n) is 19.2. The molecule has 0 amide bonds. The maximum atomic E-state index is 13.9. The minimum Gasteiger partial charge on any atom is -0.495 e. The normalized spacial score (nSPS) is 19.7. The SMILES string of the molecule is COc1ccc(F)cc1S(=O)(=O)N1CCCC(Oc2nc(C(C)C)nc3c2CCOCC3)C1. The zero-order valence-corrected chi connectivity index (χ0v) is 20.0. The van der Waals surface area contributed by atoms with E-state index in [4.69, 9.17) is 19.2 Å². The topological polar surface area (TPSA) is 90.9 Å². The summed E-state index contributed by atoms with van der Waals surface area (Å²) in [5.41, 5.74) is 1.87. The van der Waals surface area contributed by atoms with Crippen LogP contribution in [0.5, 0.6) is 11.6 Å². The molecule has 0 aliphatic carbocycles. The second kappa shape index (κ2) is 9.90. The molecule has 10 heteroatoms. The summed E-state index contributed by atoms with van der Waals surface area (Å²) in [6, 6.07) is 3.50. The van der Waals surface area contributed by atoms with E-state index < -0.39 is 15.8 Å². The van der Waals surface area contributed by atoms with Crippen LogP contribution in [0.25, 0.3) is 0 Å². The van der Waals surface area contributed by atoms with E-state index in [0.29, 0.717) is 57.1 Å². The lowest BCUT2D eigenvalue weighted by Gasteiger charge is -2.32. The number of hydrogen-bond donors (Lipinski definition) is 0. The van der Waals surface area contributed by atoms with Gasteiger partial charge in [0.05, 0.1) is 32.6 Å². The van der Waals surface area contributed by atoms with Gasteiger partial charge < -0.3 is 14.2 Å².